The van der Waals surface area contributed by atoms with Crippen LogP contribution in [0.5, 0.6) is 0 Å². The third-order valence-electron chi connectivity index (χ3n) is 7.01. The summed E-state index contributed by atoms with van der Waals surface area (Å²) in [6.45, 7) is 1.68. The Labute approximate surface area is 227 Å². The van der Waals surface area contributed by atoms with E-state index >= 15 is 0 Å². The minimum Gasteiger partial charge on any atom is -0.460 e. The van der Waals surface area contributed by atoms with Gasteiger partial charge in [-0.1, -0.05) is 61.0 Å². The van der Waals surface area contributed by atoms with Crippen molar-refractivity contribution in [2.75, 3.05) is 12.3 Å². The number of fused-ring (bicyclic) bond motifs is 2. The second-order valence-corrected chi connectivity index (χ2v) is 9.75. The molecule has 0 spiro atoms. The third-order valence-corrected chi connectivity index (χ3v) is 7.01. The summed E-state index contributed by atoms with van der Waals surface area (Å²) in [5.74, 6) is -0.595. The normalized spacial score (nSPS) is 13.3. The Bertz CT molecular complexity index is 1500. The SMILES string of the molecule is NCCCC[C@H](N)C(=O)OCc1ccccc1-c1ccc2nc(N)nc(C(=O)N3Cc4ccccc4C3)c2c1. The number of nitrogen functional groups attached to an aromatic ring is 1. The smallest absolute Gasteiger partial charge is 0.323 e. The highest BCUT2D eigenvalue weighted by Gasteiger charge is 2.27. The van der Waals surface area contributed by atoms with E-state index in [2.05, 4.69) is 9.97 Å². The van der Waals surface area contributed by atoms with Crippen LogP contribution in [0, 0.1) is 0 Å². The van der Waals surface area contributed by atoms with Gasteiger partial charge in [0.1, 0.15) is 18.3 Å². The minimum atomic E-state index is -0.683. The van der Waals surface area contributed by atoms with Crippen LogP contribution >= 0.6 is 0 Å². The van der Waals surface area contributed by atoms with Crippen molar-refractivity contribution in [2.24, 2.45) is 11.5 Å². The number of amides is 1. The molecule has 1 aliphatic heterocycles. The number of hydrogen-bond acceptors (Lipinski definition) is 8. The second kappa shape index (κ2) is 11.6. The van der Waals surface area contributed by atoms with Gasteiger partial charge in [0, 0.05) is 18.5 Å². The van der Waals surface area contributed by atoms with Crippen LogP contribution in [-0.2, 0) is 29.2 Å². The van der Waals surface area contributed by atoms with Gasteiger partial charge in [0.2, 0.25) is 5.95 Å². The second-order valence-electron chi connectivity index (χ2n) is 9.75. The molecule has 0 unspecified atom stereocenters. The summed E-state index contributed by atoms with van der Waals surface area (Å²) in [6, 6.07) is 20.6. The third kappa shape index (κ3) is 5.74. The number of benzene rings is 3. The maximum absolute atomic E-state index is 13.6. The topological polar surface area (TPSA) is 150 Å². The fourth-order valence-corrected chi connectivity index (χ4v) is 4.91. The molecular formula is C30H32N6O3. The molecule has 1 amide bonds. The van der Waals surface area contributed by atoms with E-state index in [1.54, 1.807) is 4.90 Å². The molecule has 1 atom stereocenters. The van der Waals surface area contributed by atoms with E-state index < -0.39 is 12.0 Å². The zero-order chi connectivity index (χ0) is 27.4. The molecule has 9 heteroatoms. The number of nitrogens with two attached hydrogens (primary N) is 3. The van der Waals surface area contributed by atoms with Crippen LogP contribution in [0.4, 0.5) is 5.95 Å². The molecule has 6 N–H and O–H groups in total. The number of unbranched alkanes of at least 4 members (excludes halogenated alkanes) is 1. The van der Waals surface area contributed by atoms with Crippen LogP contribution in [0.1, 0.15) is 46.4 Å². The van der Waals surface area contributed by atoms with Gasteiger partial charge in [-0.2, -0.15) is 0 Å². The van der Waals surface area contributed by atoms with Crippen molar-refractivity contribution in [3.05, 3.63) is 89.1 Å². The number of carbonyl (C=O) groups is 2. The number of aromatic nitrogens is 2. The summed E-state index contributed by atoms with van der Waals surface area (Å²) in [7, 11) is 0. The van der Waals surface area contributed by atoms with Crippen LogP contribution in [-0.4, -0.2) is 39.3 Å². The minimum absolute atomic E-state index is 0.0467. The largest absolute Gasteiger partial charge is 0.460 e. The first-order valence-electron chi connectivity index (χ1n) is 13.1. The van der Waals surface area contributed by atoms with Crippen molar-refractivity contribution in [3.63, 3.8) is 0 Å². The molecule has 2 heterocycles. The lowest BCUT2D eigenvalue weighted by molar-refractivity contribution is -0.146. The number of anilines is 1. The molecule has 0 aliphatic carbocycles. The van der Waals surface area contributed by atoms with E-state index in [0.29, 0.717) is 37.0 Å². The van der Waals surface area contributed by atoms with Gasteiger partial charge < -0.3 is 26.8 Å². The Kier molecular flexibility index (Phi) is 7.81. The zero-order valence-corrected chi connectivity index (χ0v) is 21.7. The number of rotatable bonds is 9. The highest BCUT2D eigenvalue weighted by atomic mass is 16.5. The first kappa shape index (κ1) is 26.3. The van der Waals surface area contributed by atoms with E-state index in [-0.39, 0.29) is 24.2 Å². The first-order valence-corrected chi connectivity index (χ1v) is 13.1. The summed E-state index contributed by atoms with van der Waals surface area (Å²) < 4.78 is 5.55. The fourth-order valence-electron chi connectivity index (χ4n) is 4.91. The predicted octanol–water partition coefficient (Wildman–Crippen LogP) is 3.53. The van der Waals surface area contributed by atoms with Crippen molar-refractivity contribution >= 4 is 28.7 Å². The van der Waals surface area contributed by atoms with Gasteiger partial charge in [-0.05, 0) is 59.3 Å². The summed E-state index contributed by atoms with van der Waals surface area (Å²) >= 11 is 0. The van der Waals surface area contributed by atoms with Crippen molar-refractivity contribution in [1.82, 2.24) is 14.9 Å². The lowest BCUT2D eigenvalue weighted by atomic mass is 9.98. The van der Waals surface area contributed by atoms with Crippen molar-refractivity contribution in [2.45, 2.75) is 45.0 Å². The Morgan fingerprint density at radius 3 is 2.41 bits per heavy atom. The van der Waals surface area contributed by atoms with Gasteiger partial charge in [0.15, 0.2) is 0 Å². The number of nitrogens with zero attached hydrogens (tertiary/aromatic N) is 3. The predicted molar refractivity (Wildman–Crippen MR) is 150 cm³/mol. The maximum atomic E-state index is 13.6. The van der Waals surface area contributed by atoms with Crippen LogP contribution in [0.3, 0.4) is 0 Å². The van der Waals surface area contributed by atoms with E-state index in [1.807, 2.05) is 66.7 Å². The van der Waals surface area contributed by atoms with Crippen LogP contribution in [0.2, 0.25) is 0 Å². The average molecular weight is 525 g/mol. The lowest BCUT2D eigenvalue weighted by Crippen LogP contribution is -2.32. The highest BCUT2D eigenvalue weighted by Crippen LogP contribution is 2.31. The molecule has 9 nitrogen and oxygen atoms in total. The van der Waals surface area contributed by atoms with E-state index in [1.165, 1.54) is 0 Å². The number of hydrogen-bond donors (Lipinski definition) is 3. The van der Waals surface area contributed by atoms with Gasteiger partial charge >= 0.3 is 5.97 Å². The highest BCUT2D eigenvalue weighted by molar-refractivity contribution is 6.06. The monoisotopic (exact) mass is 524 g/mol. The Morgan fingerprint density at radius 1 is 0.949 bits per heavy atom. The maximum Gasteiger partial charge on any atom is 0.323 e. The molecule has 0 saturated heterocycles. The molecule has 1 aliphatic rings. The van der Waals surface area contributed by atoms with E-state index in [4.69, 9.17) is 21.9 Å². The Morgan fingerprint density at radius 2 is 1.67 bits per heavy atom. The van der Waals surface area contributed by atoms with Crippen LogP contribution in [0.25, 0.3) is 22.0 Å². The zero-order valence-electron chi connectivity index (χ0n) is 21.7. The number of ether oxygens (including phenoxy) is 1. The molecule has 0 fully saturated rings. The molecule has 4 aromatic rings. The number of carbonyl (C=O) groups excluding carboxylic acids is 2. The fraction of sp³-hybridized carbons (Fsp3) is 0.267. The Balaban J connectivity index is 1.41. The standard InChI is InChI=1S/C30H32N6O3/c31-14-6-5-11-25(32)29(38)39-18-22-9-3-4-10-23(22)19-12-13-26-24(15-19)27(35-30(33)34-26)28(37)36-16-20-7-1-2-8-21(20)17-36/h1-4,7-10,12-13,15,25H,5-6,11,14,16-18,31-32H2,(H2,33,34,35)/t25-/m0/s1. The molecule has 0 radical (unpaired) electrons. The lowest BCUT2D eigenvalue weighted by Gasteiger charge is -2.17. The molecule has 3 aromatic carbocycles. The quantitative estimate of drug-likeness (QED) is 0.222. The van der Waals surface area contributed by atoms with Gasteiger partial charge in [-0.15, -0.1) is 0 Å². The molecular weight excluding hydrogens is 492 g/mol. The summed E-state index contributed by atoms with van der Waals surface area (Å²) in [4.78, 5) is 36.6. The first-order chi connectivity index (χ1) is 18.9. The van der Waals surface area contributed by atoms with Crippen LogP contribution < -0.4 is 17.2 Å². The van der Waals surface area contributed by atoms with Gasteiger partial charge in [-0.25, -0.2) is 9.97 Å². The van der Waals surface area contributed by atoms with Gasteiger partial charge in [-0.3, -0.25) is 9.59 Å². The summed E-state index contributed by atoms with van der Waals surface area (Å²) in [5.41, 5.74) is 23.1. The molecule has 39 heavy (non-hydrogen) atoms. The van der Waals surface area contributed by atoms with Gasteiger partial charge in [0.25, 0.3) is 5.91 Å². The molecule has 0 saturated carbocycles. The van der Waals surface area contributed by atoms with Crippen molar-refractivity contribution in [3.8, 4) is 11.1 Å². The Hall–Kier alpha value is -4.34. The van der Waals surface area contributed by atoms with Crippen molar-refractivity contribution in [1.29, 1.82) is 0 Å². The van der Waals surface area contributed by atoms with E-state index in [9.17, 15) is 9.59 Å². The number of esters is 1. The average Bonchev–Trinajstić information content (AvgIpc) is 3.39. The molecule has 200 valence electrons. The van der Waals surface area contributed by atoms with E-state index in [0.717, 1.165) is 40.7 Å². The van der Waals surface area contributed by atoms with Gasteiger partial charge in [0.05, 0.1) is 5.52 Å². The molecule has 5 rings (SSSR count). The molecule has 1 aromatic heterocycles. The summed E-state index contributed by atoms with van der Waals surface area (Å²) in [6.07, 6.45) is 2.12. The van der Waals surface area contributed by atoms with Crippen LogP contribution in [0.15, 0.2) is 66.7 Å². The van der Waals surface area contributed by atoms with Crippen molar-refractivity contribution < 1.29 is 14.3 Å². The summed E-state index contributed by atoms with van der Waals surface area (Å²) in [5, 5.41) is 0.608. The molecule has 0 bridgehead atoms.